The number of amides is 1. The Morgan fingerprint density at radius 2 is 1.70 bits per heavy atom. The van der Waals surface area contributed by atoms with Crippen molar-refractivity contribution in [2.45, 2.75) is 26.4 Å². The smallest absolute Gasteiger partial charge is 0.416 e. The SMILES string of the molecule is Cc1nc(Oc2ccccc2F)nc(C)c1NC(=O)Cc1cccc(C(F)(F)F)c1. The molecule has 0 aliphatic heterocycles. The van der Waals surface area contributed by atoms with E-state index >= 15 is 0 Å². The standard InChI is InChI=1S/C21H17F4N3O2/c1-12-19(13(2)27-20(26-12)30-17-9-4-3-8-16(17)22)28-18(29)11-14-6-5-7-15(10-14)21(23,24)25/h3-10H,11H2,1-2H3,(H,28,29). The molecule has 0 bridgehead atoms. The summed E-state index contributed by atoms with van der Waals surface area (Å²) >= 11 is 0. The molecule has 0 fully saturated rings. The summed E-state index contributed by atoms with van der Waals surface area (Å²) in [5.74, 6) is -1.14. The monoisotopic (exact) mass is 419 g/mol. The second kappa shape index (κ2) is 8.48. The van der Waals surface area contributed by atoms with Gasteiger partial charge in [-0.1, -0.05) is 30.3 Å². The van der Waals surface area contributed by atoms with Gasteiger partial charge in [-0.15, -0.1) is 0 Å². The average Bonchev–Trinajstić information content (AvgIpc) is 2.66. The maximum absolute atomic E-state index is 13.7. The Hall–Kier alpha value is -3.49. The number of nitrogens with one attached hydrogen (secondary N) is 1. The van der Waals surface area contributed by atoms with Gasteiger partial charge in [-0.3, -0.25) is 4.79 Å². The number of anilines is 1. The van der Waals surface area contributed by atoms with Gasteiger partial charge in [0.25, 0.3) is 0 Å². The van der Waals surface area contributed by atoms with Crippen molar-refractivity contribution in [1.82, 2.24) is 9.97 Å². The minimum atomic E-state index is -4.48. The summed E-state index contributed by atoms with van der Waals surface area (Å²) in [5, 5.41) is 2.61. The zero-order valence-corrected chi connectivity index (χ0v) is 16.0. The number of alkyl halides is 3. The van der Waals surface area contributed by atoms with Gasteiger partial charge in [0.2, 0.25) is 5.91 Å². The third-order valence-electron chi connectivity index (χ3n) is 4.17. The molecular formula is C21H17F4N3O2. The van der Waals surface area contributed by atoms with E-state index in [1.165, 1.54) is 30.3 Å². The van der Waals surface area contributed by atoms with Crippen molar-refractivity contribution in [2.24, 2.45) is 0 Å². The summed E-state index contributed by atoms with van der Waals surface area (Å²) in [5.41, 5.74) is 0.446. The van der Waals surface area contributed by atoms with Gasteiger partial charge in [0, 0.05) is 0 Å². The summed E-state index contributed by atoms with van der Waals surface area (Å²) in [6.45, 7) is 3.20. The molecule has 0 spiro atoms. The van der Waals surface area contributed by atoms with Crippen LogP contribution in [0, 0.1) is 19.7 Å². The van der Waals surface area contributed by atoms with E-state index in [-0.39, 0.29) is 23.7 Å². The highest BCUT2D eigenvalue weighted by atomic mass is 19.4. The van der Waals surface area contributed by atoms with Crippen LogP contribution < -0.4 is 10.1 Å². The van der Waals surface area contributed by atoms with Crippen LogP contribution in [0.2, 0.25) is 0 Å². The number of hydrogen-bond acceptors (Lipinski definition) is 4. The van der Waals surface area contributed by atoms with Gasteiger partial charge < -0.3 is 10.1 Å². The van der Waals surface area contributed by atoms with Gasteiger partial charge in [0.1, 0.15) is 0 Å². The Morgan fingerprint density at radius 3 is 2.33 bits per heavy atom. The van der Waals surface area contributed by atoms with Crippen LogP contribution in [0.1, 0.15) is 22.5 Å². The number of para-hydroxylation sites is 1. The average molecular weight is 419 g/mol. The van der Waals surface area contributed by atoms with Gasteiger partial charge in [-0.05, 0) is 37.6 Å². The number of carbonyl (C=O) groups excluding carboxylic acids is 1. The van der Waals surface area contributed by atoms with Crippen LogP contribution in [-0.4, -0.2) is 15.9 Å². The number of benzene rings is 2. The lowest BCUT2D eigenvalue weighted by Crippen LogP contribution is -2.17. The van der Waals surface area contributed by atoms with Gasteiger partial charge >= 0.3 is 12.2 Å². The summed E-state index contributed by atoms with van der Waals surface area (Å²) < 4.78 is 57.6. The number of aromatic nitrogens is 2. The molecule has 2 aromatic carbocycles. The van der Waals surface area contributed by atoms with Crippen LogP contribution in [0.3, 0.4) is 0 Å². The summed E-state index contributed by atoms with van der Waals surface area (Å²) in [4.78, 5) is 20.6. The first kappa shape index (κ1) is 21.2. The summed E-state index contributed by atoms with van der Waals surface area (Å²) in [6, 6.07) is 10.2. The lowest BCUT2D eigenvalue weighted by molar-refractivity contribution is -0.137. The number of hydrogen-bond donors (Lipinski definition) is 1. The van der Waals surface area contributed by atoms with E-state index in [1.54, 1.807) is 19.9 Å². The number of aryl methyl sites for hydroxylation is 2. The molecule has 1 amide bonds. The van der Waals surface area contributed by atoms with Crippen LogP contribution >= 0.6 is 0 Å². The molecule has 1 heterocycles. The fourth-order valence-electron chi connectivity index (χ4n) is 2.76. The molecule has 0 radical (unpaired) electrons. The van der Waals surface area contributed by atoms with Crippen LogP contribution in [0.4, 0.5) is 23.2 Å². The Balaban J connectivity index is 1.74. The van der Waals surface area contributed by atoms with E-state index in [0.717, 1.165) is 12.1 Å². The van der Waals surface area contributed by atoms with E-state index in [2.05, 4.69) is 15.3 Å². The van der Waals surface area contributed by atoms with Gasteiger partial charge in [-0.2, -0.15) is 23.1 Å². The molecule has 0 atom stereocenters. The maximum Gasteiger partial charge on any atom is 0.416 e. The fourth-order valence-corrected chi connectivity index (χ4v) is 2.76. The van der Waals surface area contributed by atoms with Crippen molar-refractivity contribution in [3.63, 3.8) is 0 Å². The lowest BCUT2D eigenvalue weighted by atomic mass is 10.1. The fraction of sp³-hybridized carbons (Fsp3) is 0.190. The highest BCUT2D eigenvalue weighted by molar-refractivity contribution is 5.93. The van der Waals surface area contributed by atoms with Crippen molar-refractivity contribution < 1.29 is 27.1 Å². The first-order valence-electron chi connectivity index (χ1n) is 8.87. The van der Waals surface area contributed by atoms with E-state index in [9.17, 15) is 22.4 Å². The molecule has 0 saturated heterocycles. The highest BCUT2D eigenvalue weighted by Crippen LogP contribution is 2.30. The third-order valence-corrected chi connectivity index (χ3v) is 4.17. The number of ether oxygens (including phenoxy) is 1. The van der Waals surface area contributed by atoms with Gasteiger partial charge in [0.05, 0.1) is 29.1 Å². The predicted molar refractivity (Wildman–Crippen MR) is 102 cm³/mol. The Bertz CT molecular complexity index is 1060. The van der Waals surface area contributed by atoms with E-state index in [0.29, 0.717) is 17.1 Å². The van der Waals surface area contributed by atoms with Crippen LogP contribution in [0.15, 0.2) is 48.5 Å². The van der Waals surface area contributed by atoms with Crippen LogP contribution in [-0.2, 0) is 17.4 Å². The zero-order valence-electron chi connectivity index (χ0n) is 16.0. The van der Waals surface area contributed by atoms with Crippen molar-refractivity contribution in [3.8, 4) is 11.8 Å². The topological polar surface area (TPSA) is 64.1 Å². The number of carbonyl (C=O) groups is 1. The van der Waals surface area contributed by atoms with Crippen molar-refractivity contribution in [3.05, 3.63) is 76.9 Å². The summed E-state index contributed by atoms with van der Waals surface area (Å²) in [6.07, 6.45) is -4.74. The van der Waals surface area contributed by atoms with Crippen molar-refractivity contribution >= 4 is 11.6 Å². The molecule has 0 unspecified atom stereocenters. The molecule has 156 valence electrons. The van der Waals surface area contributed by atoms with Crippen molar-refractivity contribution in [2.75, 3.05) is 5.32 Å². The largest absolute Gasteiger partial charge is 0.421 e. The van der Waals surface area contributed by atoms with E-state index < -0.39 is 23.5 Å². The zero-order chi connectivity index (χ0) is 21.9. The normalized spacial score (nSPS) is 11.3. The van der Waals surface area contributed by atoms with Crippen molar-refractivity contribution in [1.29, 1.82) is 0 Å². The number of nitrogens with zero attached hydrogens (tertiary/aromatic N) is 2. The minimum Gasteiger partial charge on any atom is -0.421 e. The minimum absolute atomic E-state index is 0.0439. The van der Waals surface area contributed by atoms with Crippen LogP contribution in [0.25, 0.3) is 0 Å². The molecule has 5 nitrogen and oxygen atoms in total. The molecular weight excluding hydrogens is 402 g/mol. The first-order valence-corrected chi connectivity index (χ1v) is 8.87. The summed E-state index contributed by atoms with van der Waals surface area (Å²) in [7, 11) is 0. The molecule has 0 aliphatic rings. The quantitative estimate of drug-likeness (QED) is 0.576. The van der Waals surface area contributed by atoms with Gasteiger partial charge in [-0.25, -0.2) is 4.39 Å². The van der Waals surface area contributed by atoms with E-state index in [1.807, 2.05) is 0 Å². The third kappa shape index (κ3) is 5.11. The van der Waals surface area contributed by atoms with Gasteiger partial charge in [0.15, 0.2) is 11.6 Å². The molecule has 9 heteroatoms. The second-order valence-electron chi connectivity index (χ2n) is 6.51. The number of halogens is 4. The van der Waals surface area contributed by atoms with E-state index in [4.69, 9.17) is 4.74 Å². The second-order valence-corrected chi connectivity index (χ2v) is 6.51. The molecule has 30 heavy (non-hydrogen) atoms. The molecule has 1 N–H and O–H groups in total. The molecule has 3 rings (SSSR count). The molecule has 0 aliphatic carbocycles. The first-order chi connectivity index (χ1) is 14.1. The lowest BCUT2D eigenvalue weighted by Gasteiger charge is -2.13. The molecule has 3 aromatic rings. The van der Waals surface area contributed by atoms with Crippen LogP contribution in [0.5, 0.6) is 11.8 Å². The highest BCUT2D eigenvalue weighted by Gasteiger charge is 2.30. The molecule has 1 aromatic heterocycles. The Labute approximate surface area is 169 Å². The maximum atomic E-state index is 13.7. The number of rotatable bonds is 5. The molecule has 0 saturated carbocycles. The Morgan fingerprint density at radius 1 is 1.03 bits per heavy atom. The predicted octanol–water partition coefficient (Wildman–Crippen LogP) is 5.22. The Kier molecular flexibility index (Phi) is 6.00.